The number of terminal acetylenes is 1. The van der Waals surface area contributed by atoms with Crippen molar-refractivity contribution >= 4 is 5.91 Å². The van der Waals surface area contributed by atoms with Gasteiger partial charge >= 0.3 is 0 Å². The average molecular weight is 265 g/mol. The maximum atomic E-state index is 11.5. The Balaban J connectivity index is 1.62. The zero-order valence-electron chi connectivity index (χ0n) is 11.4. The van der Waals surface area contributed by atoms with Crippen molar-refractivity contribution in [3.05, 3.63) is 0 Å². The van der Waals surface area contributed by atoms with Gasteiger partial charge in [-0.1, -0.05) is 5.92 Å². The van der Waals surface area contributed by atoms with Crippen LogP contribution in [0, 0.1) is 12.3 Å². The number of carbonyl (C=O) groups is 1. The smallest absolute Gasteiger partial charge is 0.234 e. The SMILES string of the molecule is C#CCNC(=O)CN1CCN(CC2CCCO2)CC1. The molecular formula is C14H23N3O2. The largest absolute Gasteiger partial charge is 0.377 e. The summed E-state index contributed by atoms with van der Waals surface area (Å²) < 4.78 is 5.65. The highest BCUT2D eigenvalue weighted by atomic mass is 16.5. The number of hydrogen-bond donors (Lipinski definition) is 1. The zero-order chi connectivity index (χ0) is 13.5. The number of rotatable bonds is 5. The van der Waals surface area contributed by atoms with Crippen LogP contribution in [0.5, 0.6) is 0 Å². The molecule has 1 N–H and O–H groups in total. The topological polar surface area (TPSA) is 44.8 Å². The van der Waals surface area contributed by atoms with Crippen LogP contribution in [0.2, 0.25) is 0 Å². The molecule has 0 saturated carbocycles. The summed E-state index contributed by atoms with van der Waals surface area (Å²) in [5, 5.41) is 2.70. The highest BCUT2D eigenvalue weighted by molar-refractivity contribution is 5.78. The molecule has 0 aromatic heterocycles. The van der Waals surface area contributed by atoms with Crippen LogP contribution < -0.4 is 5.32 Å². The molecule has 2 fully saturated rings. The molecule has 0 aromatic carbocycles. The first-order chi connectivity index (χ1) is 9.28. The van der Waals surface area contributed by atoms with E-state index in [9.17, 15) is 4.79 Å². The quantitative estimate of drug-likeness (QED) is 0.683. The molecule has 1 unspecified atom stereocenters. The molecule has 19 heavy (non-hydrogen) atoms. The molecule has 2 rings (SSSR count). The molecular weight excluding hydrogens is 242 g/mol. The summed E-state index contributed by atoms with van der Waals surface area (Å²) >= 11 is 0. The highest BCUT2D eigenvalue weighted by Crippen LogP contribution is 2.14. The fraction of sp³-hybridized carbons (Fsp3) is 0.786. The second-order valence-corrected chi connectivity index (χ2v) is 5.19. The molecule has 106 valence electrons. The van der Waals surface area contributed by atoms with Gasteiger partial charge in [-0.05, 0) is 12.8 Å². The van der Waals surface area contributed by atoms with Crippen LogP contribution in [-0.2, 0) is 9.53 Å². The Kier molecular flexibility index (Phi) is 5.64. The predicted molar refractivity (Wildman–Crippen MR) is 73.7 cm³/mol. The number of piperazine rings is 1. The van der Waals surface area contributed by atoms with E-state index in [0.29, 0.717) is 19.2 Å². The fourth-order valence-corrected chi connectivity index (χ4v) is 2.61. The average Bonchev–Trinajstić information content (AvgIpc) is 2.91. The Labute approximate surface area is 115 Å². The van der Waals surface area contributed by atoms with Crippen LogP contribution in [0.25, 0.3) is 0 Å². The first-order valence-electron chi connectivity index (χ1n) is 7.04. The molecule has 1 amide bonds. The van der Waals surface area contributed by atoms with Gasteiger partial charge in [0, 0.05) is 39.3 Å². The van der Waals surface area contributed by atoms with Crippen molar-refractivity contribution in [3.63, 3.8) is 0 Å². The third-order valence-electron chi connectivity index (χ3n) is 3.71. The minimum absolute atomic E-state index is 0.0190. The number of nitrogens with one attached hydrogen (secondary N) is 1. The van der Waals surface area contributed by atoms with Crippen LogP contribution in [0.15, 0.2) is 0 Å². The first-order valence-corrected chi connectivity index (χ1v) is 7.04. The molecule has 2 aliphatic rings. The van der Waals surface area contributed by atoms with Gasteiger partial charge in [-0.2, -0.15) is 0 Å². The van der Waals surface area contributed by atoms with Crippen molar-refractivity contribution in [1.82, 2.24) is 15.1 Å². The number of hydrogen-bond acceptors (Lipinski definition) is 4. The molecule has 1 atom stereocenters. The Morgan fingerprint density at radius 2 is 2.05 bits per heavy atom. The fourth-order valence-electron chi connectivity index (χ4n) is 2.61. The molecule has 2 aliphatic heterocycles. The second-order valence-electron chi connectivity index (χ2n) is 5.19. The van der Waals surface area contributed by atoms with Gasteiger partial charge < -0.3 is 10.1 Å². The summed E-state index contributed by atoms with van der Waals surface area (Å²) in [5.74, 6) is 2.43. The summed E-state index contributed by atoms with van der Waals surface area (Å²) in [6.45, 7) is 6.64. The Hall–Kier alpha value is -1.09. The molecule has 0 bridgehead atoms. The lowest BCUT2D eigenvalue weighted by Gasteiger charge is -2.35. The maximum absolute atomic E-state index is 11.5. The lowest BCUT2D eigenvalue weighted by Crippen LogP contribution is -2.50. The number of amides is 1. The van der Waals surface area contributed by atoms with Crippen molar-refractivity contribution in [2.75, 3.05) is 52.4 Å². The summed E-state index contributed by atoms with van der Waals surface area (Å²) in [6, 6.07) is 0. The lowest BCUT2D eigenvalue weighted by molar-refractivity contribution is -0.122. The monoisotopic (exact) mass is 265 g/mol. The van der Waals surface area contributed by atoms with Crippen LogP contribution in [0.1, 0.15) is 12.8 Å². The number of ether oxygens (including phenoxy) is 1. The van der Waals surface area contributed by atoms with Gasteiger partial charge in [-0.3, -0.25) is 14.6 Å². The van der Waals surface area contributed by atoms with Gasteiger partial charge in [0.15, 0.2) is 0 Å². The molecule has 5 heteroatoms. The van der Waals surface area contributed by atoms with Crippen molar-refractivity contribution in [3.8, 4) is 12.3 Å². The van der Waals surface area contributed by atoms with E-state index in [-0.39, 0.29) is 5.91 Å². The van der Waals surface area contributed by atoms with Crippen LogP contribution in [0.4, 0.5) is 0 Å². The number of nitrogens with zero attached hydrogens (tertiary/aromatic N) is 2. The van der Waals surface area contributed by atoms with E-state index in [1.807, 2.05) is 0 Å². The minimum Gasteiger partial charge on any atom is -0.377 e. The summed E-state index contributed by atoms with van der Waals surface area (Å²) in [5.41, 5.74) is 0. The van der Waals surface area contributed by atoms with Crippen LogP contribution in [-0.4, -0.2) is 74.2 Å². The van der Waals surface area contributed by atoms with Crippen LogP contribution in [0.3, 0.4) is 0 Å². The van der Waals surface area contributed by atoms with Crippen molar-refractivity contribution in [2.24, 2.45) is 0 Å². The summed E-state index contributed by atoms with van der Waals surface area (Å²) in [6.07, 6.45) is 7.91. The van der Waals surface area contributed by atoms with Crippen molar-refractivity contribution in [1.29, 1.82) is 0 Å². The Bertz CT molecular complexity index is 326. The van der Waals surface area contributed by atoms with Crippen molar-refractivity contribution in [2.45, 2.75) is 18.9 Å². The van der Waals surface area contributed by atoms with Crippen molar-refractivity contribution < 1.29 is 9.53 Å². The summed E-state index contributed by atoms with van der Waals surface area (Å²) in [4.78, 5) is 16.2. The predicted octanol–water partition coefficient (Wildman–Crippen LogP) is -0.468. The molecule has 0 aliphatic carbocycles. The Morgan fingerprint density at radius 1 is 1.32 bits per heavy atom. The van der Waals surface area contributed by atoms with E-state index in [4.69, 9.17) is 11.2 Å². The third-order valence-corrected chi connectivity index (χ3v) is 3.71. The lowest BCUT2D eigenvalue weighted by atomic mass is 10.2. The van der Waals surface area contributed by atoms with E-state index in [0.717, 1.165) is 39.3 Å². The minimum atomic E-state index is 0.0190. The third kappa shape index (κ3) is 4.83. The molecule has 2 saturated heterocycles. The maximum Gasteiger partial charge on any atom is 0.234 e. The molecule has 0 radical (unpaired) electrons. The van der Waals surface area contributed by atoms with Gasteiger partial charge in [0.05, 0.1) is 19.2 Å². The van der Waals surface area contributed by atoms with E-state index < -0.39 is 0 Å². The molecule has 0 aromatic rings. The molecule has 2 heterocycles. The second kappa shape index (κ2) is 7.49. The first kappa shape index (κ1) is 14.3. The zero-order valence-corrected chi connectivity index (χ0v) is 11.4. The van der Waals surface area contributed by atoms with E-state index >= 15 is 0 Å². The van der Waals surface area contributed by atoms with E-state index in [1.54, 1.807) is 0 Å². The Morgan fingerprint density at radius 3 is 2.68 bits per heavy atom. The van der Waals surface area contributed by atoms with Gasteiger partial charge in [0.2, 0.25) is 5.91 Å². The molecule has 5 nitrogen and oxygen atoms in total. The van der Waals surface area contributed by atoms with Gasteiger partial charge in [0.25, 0.3) is 0 Å². The molecule has 0 spiro atoms. The highest BCUT2D eigenvalue weighted by Gasteiger charge is 2.23. The standard InChI is InChI=1S/C14H23N3O2/c1-2-5-15-14(18)12-17-8-6-16(7-9-17)11-13-4-3-10-19-13/h1,13H,3-12H2,(H,15,18). The van der Waals surface area contributed by atoms with E-state index in [1.165, 1.54) is 12.8 Å². The summed E-state index contributed by atoms with van der Waals surface area (Å²) in [7, 11) is 0. The van der Waals surface area contributed by atoms with Crippen LogP contribution >= 0.6 is 0 Å². The number of carbonyl (C=O) groups excluding carboxylic acids is 1. The van der Waals surface area contributed by atoms with Gasteiger partial charge in [-0.25, -0.2) is 0 Å². The van der Waals surface area contributed by atoms with E-state index in [2.05, 4.69) is 21.0 Å². The van der Waals surface area contributed by atoms with Gasteiger partial charge in [-0.15, -0.1) is 6.42 Å². The van der Waals surface area contributed by atoms with Gasteiger partial charge in [0.1, 0.15) is 0 Å². The normalized spacial score (nSPS) is 25.1.